The Balaban J connectivity index is 2.36. The fraction of sp³-hybridized carbons (Fsp3) is 0.0769. The summed E-state index contributed by atoms with van der Waals surface area (Å²) in [6, 6.07) is 9.40. The number of thioether (sulfide) groups is 1. The lowest BCUT2D eigenvalue weighted by Crippen LogP contribution is -1.85. The molecule has 18 heavy (non-hydrogen) atoms. The van der Waals surface area contributed by atoms with Crippen LogP contribution < -0.4 is 0 Å². The zero-order valence-electron chi connectivity index (χ0n) is 9.55. The van der Waals surface area contributed by atoms with Crippen molar-refractivity contribution in [3.63, 3.8) is 0 Å². The van der Waals surface area contributed by atoms with Gasteiger partial charge in [0.25, 0.3) is 0 Å². The molecule has 0 unspecified atom stereocenters. The fourth-order valence-electron chi connectivity index (χ4n) is 1.48. The van der Waals surface area contributed by atoms with Gasteiger partial charge in [-0.05, 0) is 29.8 Å². The smallest absolute Gasteiger partial charge is 0.140 e. The molecule has 1 aromatic rings. The van der Waals surface area contributed by atoms with E-state index in [1.54, 1.807) is 12.1 Å². The number of nitriles is 1. The predicted octanol–water partition coefficient (Wildman–Crippen LogP) is 3.84. The van der Waals surface area contributed by atoms with Crippen LogP contribution in [0.3, 0.4) is 0 Å². The molecular formula is C13H9ClN2OS. The van der Waals surface area contributed by atoms with Crippen molar-refractivity contribution < 1.29 is 4.84 Å². The summed E-state index contributed by atoms with van der Waals surface area (Å²) in [6.45, 7) is 0. The summed E-state index contributed by atoms with van der Waals surface area (Å²) < 4.78 is 0. The molecule has 0 aliphatic carbocycles. The quantitative estimate of drug-likeness (QED) is 0.609. The average molecular weight is 277 g/mol. The predicted molar refractivity (Wildman–Crippen MR) is 75.2 cm³/mol. The lowest BCUT2D eigenvalue weighted by Gasteiger charge is -2.02. The van der Waals surface area contributed by atoms with Crippen LogP contribution in [0.1, 0.15) is 5.56 Å². The maximum atomic E-state index is 9.27. The Kier molecular flexibility index (Phi) is 4.08. The number of halogens is 1. The van der Waals surface area contributed by atoms with Crippen molar-refractivity contribution >= 4 is 34.0 Å². The monoisotopic (exact) mass is 276 g/mol. The van der Waals surface area contributed by atoms with Crippen molar-refractivity contribution in [3.05, 3.63) is 51.9 Å². The molecule has 0 saturated heterocycles. The van der Waals surface area contributed by atoms with Crippen LogP contribution in [0.15, 0.2) is 46.5 Å². The molecular weight excluding hydrogens is 268 g/mol. The van der Waals surface area contributed by atoms with E-state index in [2.05, 4.69) is 11.2 Å². The number of hydrogen-bond donors (Lipinski definition) is 0. The topological polar surface area (TPSA) is 45.4 Å². The molecule has 0 spiro atoms. The zero-order chi connectivity index (χ0) is 13.0. The van der Waals surface area contributed by atoms with Gasteiger partial charge in [0, 0.05) is 9.93 Å². The summed E-state index contributed by atoms with van der Waals surface area (Å²) >= 11 is 7.23. The lowest BCUT2D eigenvalue weighted by molar-refractivity contribution is 0.215. The molecule has 0 atom stereocenters. The molecule has 1 aromatic carbocycles. The van der Waals surface area contributed by atoms with Crippen LogP contribution in [0, 0.1) is 11.3 Å². The van der Waals surface area contributed by atoms with Gasteiger partial charge >= 0.3 is 0 Å². The first-order valence-electron chi connectivity index (χ1n) is 5.12. The van der Waals surface area contributed by atoms with Gasteiger partial charge < -0.3 is 4.84 Å². The normalized spacial score (nSPS) is 18.8. The van der Waals surface area contributed by atoms with Crippen molar-refractivity contribution in [3.8, 4) is 6.07 Å². The number of nitrogens with zero attached hydrogens (tertiary/aromatic N) is 2. The second-order valence-electron chi connectivity index (χ2n) is 3.41. The van der Waals surface area contributed by atoms with E-state index in [-0.39, 0.29) is 0 Å². The summed E-state index contributed by atoms with van der Waals surface area (Å²) in [5, 5.41) is 14.5. The minimum absolute atomic E-state index is 0.606. The highest BCUT2D eigenvalue weighted by Crippen LogP contribution is 2.34. The van der Waals surface area contributed by atoms with Gasteiger partial charge in [-0.2, -0.15) is 5.26 Å². The summed E-state index contributed by atoms with van der Waals surface area (Å²) in [6.07, 6.45) is 3.67. The van der Waals surface area contributed by atoms with Crippen LogP contribution in [0.2, 0.25) is 5.02 Å². The third-order valence-corrected chi connectivity index (χ3v) is 3.50. The Morgan fingerprint density at radius 2 is 2.06 bits per heavy atom. The third kappa shape index (κ3) is 2.76. The van der Waals surface area contributed by atoms with E-state index in [1.807, 2.05) is 24.3 Å². The van der Waals surface area contributed by atoms with E-state index in [4.69, 9.17) is 16.4 Å². The van der Waals surface area contributed by atoms with Crippen molar-refractivity contribution in [1.82, 2.24) is 0 Å². The highest BCUT2D eigenvalue weighted by atomic mass is 35.5. The minimum atomic E-state index is 0.606. The van der Waals surface area contributed by atoms with Crippen molar-refractivity contribution in [1.29, 1.82) is 5.26 Å². The number of rotatable bonds is 2. The highest BCUT2D eigenvalue weighted by molar-refractivity contribution is 8.18. The molecule has 2 rings (SSSR count). The molecule has 90 valence electrons. The van der Waals surface area contributed by atoms with E-state index in [0.717, 1.165) is 15.5 Å². The Labute approximate surface area is 114 Å². The van der Waals surface area contributed by atoms with Crippen LogP contribution in [-0.4, -0.2) is 12.2 Å². The number of allylic oxidation sites excluding steroid dienone is 2. The maximum Gasteiger partial charge on any atom is 0.140 e. The molecule has 1 heterocycles. The third-order valence-electron chi connectivity index (χ3n) is 2.26. The van der Waals surface area contributed by atoms with Gasteiger partial charge in [0.2, 0.25) is 0 Å². The number of hydrogen-bond acceptors (Lipinski definition) is 4. The second-order valence-corrected chi connectivity index (χ2v) is 4.90. The van der Waals surface area contributed by atoms with Crippen LogP contribution >= 0.6 is 23.4 Å². The Morgan fingerprint density at radius 1 is 1.33 bits per heavy atom. The summed E-state index contributed by atoms with van der Waals surface area (Å²) in [5.74, 6) is 0. The molecule has 5 heteroatoms. The van der Waals surface area contributed by atoms with Crippen molar-refractivity contribution in [2.45, 2.75) is 0 Å². The standard InChI is InChI=1S/C13H9ClN2OS/c1-17-16-13-7-6-12(18-13)11(8-15)9-2-4-10(14)5-3-9/h2-7H,1H3. The molecule has 3 nitrogen and oxygen atoms in total. The van der Waals surface area contributed by atoms with E-state index < -0.39 is 0 Å². The van der Waals surface area contributed by atoms with Crippen LogP contribution in [0.25, 0.3) is 5.57 Å². The Morgan fingerprint density at radius 3 is 2.67 bits per heavy atom. The van der Waals surface area contributed by atoms with Gasteiger partial charge in [-0.3, -0.25) is 0 Å². The Bertz CT molecular complexity index is 582. The largest absolute Gasteiger partial charge is 0.398 e. The summed E-state index contributed by atoms with van der Waals surface area (Å²) in [4.78, 5) is 5.56. The van der Waals surface area contributed by atoms with Gasteiger partial charge in [0.05, 0.1) is 5.57 Å². The van der Waals surface area contributed by atoms with E-state index in [9.17, 15) is 5.26 Å². The van der Waals surface area contributed by atoms with Crippen LogP contribution in [0.5, 0.6) is 0 Å². The first-order chi connectivity index (χ1) is 8.74. The lowest BCUT2D eigenvalue weighted by atomic mass is 10.1. The van der Waals surface area contributed by atoms with Gasteiger partial charge in [0.1, 0.15) is 18.2 Å². The van der Waals surface area contributed by atoms with Gasteiger partial charge in [0.15, 0.2) is 0 Å². The van der Waals surface area contributed by atoms with E-state index >= 15 is 0 Å². The fourth-order valence-corrected chi connectivity index (χ4v) is 2.48. The van der Waals surface area contributed by atoms with Crippen molar-refractivity contribution in [2.24, 2.45) is 5.16 Å². The molecule has 1 aliphatic rings. The molecule has 0 N–H and O–H groups in total. The molecule has 0 radical (unpaired) electrons. The molecule has 0 amide bonds. The molecule has 0 saturated carbocycles. The maximum absolute atomic E-state index is 9.27. The number of benzene rings is 1. The first-order valence-corrected chi connectivity index (χ1v) is 6.31. The first kappa shape index (κ1) is 12.7. The summed E-state index contributed by atoms with van der Waals surface area (Å²) in [5.41, 5.74) is 1.45. The summed E-state index contributed by atoms with van der Waals surface area (Å²) in [7, 11) is 1.49. The SMILES string of the molecule is CON=C1C=CC(=C(C#N)c2ccc(Cl)cc2)S1. The van der Waals surface area contributed by atoms with Crippen LogP contribution in [0.4, 0.5) is 0 Å². The second kappa shape index (κ2) is 5.76. The Hall–Kier alpha value is -1.70. The molecule has 0 fully saturated rings. The molecule has 0 aromatic heterocycles. The zero-order valence-corrected chi connectivity index (χ0v) is 11.1. The van der Waals surface area contributed by atoms with Gasteiger partial charge in [-0.25, -0.2) is 0 Å². The molecule has 1 aliphatic heterocycles. The minimum Gasteiger partial charge on any atom is -0.398 e. The van der Waals surface area contributed by atoms with Gasteiger partial charge in [-0.1, -0.05) is 40.7 Å². The highest BCUT2D eigenvalue weighted by Gasteiger charge is 2.15. The number of oxime groups is 1. The average Bonchev–Trinajstić information content (AvgIpc) is 2.82. The van der Waals surface area contributed by atoms with Crippen molar-refractivity contribution in [2.75, 3.05) is 7.11 Å². The molecule has 0 bridgehead atoms. The van der Waals surface area contributed by atoms with Crippen LogP contribution in [-0.2, 0) is 4.84 Å². The van der Waals surface area contributed by atoms with E-state index in [0.29, 0.717) is 10.6 Å². The van der Waals surface area contributed by atoms with E-state index in [1.165, 1.54) is 18.9 Å². The van der Waals surface area contributed by atoms with Gasteiger partial charge in [-0.15, -0.1) is 0 Å².